The Hall–Kier alpha value is -3.25. The first kappa shape index (κ1) is 23.9. The van der Waals surface area contributed by atoms with Crippen molar-refractivity contribution in [3.05, 3.63) is 83.6 Å². The van der Waals surface area contributed by atoms with Crippen LogP contribution in [0.4, 0.5) is 17.6 Å². The Morgan fingerprint density at radius 2 is 1.71 bits per heavy atom. The first-order valence-corrected chi connectivity index (χ1v) is 11.6. The molecule has 1 N–H and O–H groups in total. The van der Waals surface area contributed by atoms with Gasteiger partial charge in [-0.2, -0.15) is 17.5 Å². The fourth-order valence-corrected chi connectivity index (χ4v) is 5.33. The molecule has 0 unspecified atom stereocenters. The summed E-state index contributed by atoms with van der Waals surface area (Å²) in [6.45, 7) is -0.0875. The summed E-state index contributed by atoms with van der Waals surface area (Å²) in [7, 11) is -2.34. The number of aryl methyl sites for hydroxylation is 1. The maximum absolute atomic E-state index is 13.4. The van der Waals surface area contributed by atoms with Gasteiger partial charge >= 0.3 is 6.18 Å². The Morgan fingerprint density at radius 1 is 1.06 bits per heavy atom. The van der Waals surface area contributed by atoms with Crippen LogP contribution in [0.25, 0.3) is 0 Å². The fraction of sp³-hybridized carbons (Fsp3) is 0.273. The number of carbonyl (C=O) groups excluding carboxylic acids is 1. The number of nitrogens with one attached hydrogen (secondary N) is 1. The molecule has 0 spiro atoms. The van der Waals surface area contributed by atoms with Gasteiger partial charge in [0.15, 0.2) is 5.03 Å². The standard InChI is InChI=1S/C22H20F4N4O3S/c1-29-12-20(27-13-29)34(32,33)30-10-18(14-4-8-17(23)9-5-14)19(11-30)28-21(31)15-2-6-16(7-3-15)22(24,25)26/h2-9,12-13,18-19H,10-11H2,1H3,(H,28,31)/t18-,19+/m0/s1. The minimum absolute atomic E-state index is 0.00248. The van der Waals surface area contributed by atoms with E-state index in [-0.39, 0.29) is 23.7 Å². The van der Waals surface area contributed by atoms with E-state index in [2.05, 4.69) is 10.3 Å². The number of hydrogen-bond acceptors (Lipinski definition) is 4. The predicted molar refractivity (Wildman–Crippen MR) is 114 cm³/mol. The molecule has 0 radical (unpaired) electrons. The third-order valence-corrected chi connectivity index (χ3v) is 7.38. The maximum Gasteiger partial charge on any atom is 0.416 e. The summed E-state index contributed by atoms with van der Waals surface area (Å²) in [6, 6.07) is 8.50. The maximum atomic E-state index is 13.4. The summed E-state index contributed by atoms with van der Waals surface area (Å²) in [5.41, 5.74) is -0.281. The second-order valence-corrected chi connectivity index (χ2v) is 9.90. The third-order valence-electron chi connectivity index (χ3n) is 5.66. The number of benzene rings is 2. The van der Waals surface area contributed by atoms with Gasteiger partial charge < -0.3 is 9.88 Å². The van der Waals surface area contributed by atoms with Crippen molar-refractivity contribution in [2.45, 2.75) is 23.2 Å². The molecular formula is C22H20F4N4O3S. The highest BCUT2D eigenvalue weighted by atomic mass is 32.2. The van der Waals surface area contributed by atoms with E-state index < -0.39 is 45.4 Å². The molecule has 1 aromatic heterocycles. The lowest BCUT2D eigenvalue weighted by molar-refractivity contribution is -0.137. The number of nitrogens with zero attached hydrogens (tertiary/aromatic N) is 3. The summed E-state index contributed by atoms with van der Waals surface area (Å²) < 4.78 is 80.7. The monoisotopic (exact) mass is 496 g/mol. The van der Waals surface area contributed by atoms with Gasteiger partial charge in [-0.25, -0.2) is 17.8 Å². The minimum atomic E-state index is -4.53. The highest BCUT2D eigenvalue weighted by molar-refractivity contribution is 7.89. The topological polar surface area (TPSA) is 84.3 Å². The van der Waals surface area contributed by atoms with E-state index in [9.17, 15) is 30.8 Å². The molecule has 2 atom stereocenters. The molecular weight excluding hydrogens is 476 g/mol. The van der Waals surface area contributed by atoms with Gasteiger partial charge in [-0.1, -0.05) is 12.1 Å². The highest BCUT2D eigenvalue weighted by Crippen LogP contribution is 2.32. The molecule has 2 heterocycles. The lowest BCUT2D eigenvalue weighted by Gasteiger charge is -2.20. The van der Waals surface area contributed by atoms with Gasteiger partial charge in [0.1, 0.15) is 5.82 Å². The normalized spacial score (nSPS) is 19.3. The lowest BCUT2D eigenvalue weighted by atomic mass is 9.94. The van der Waals surface area contributed by atoms with Crippen LogP contribution in [-0.2, 0) is 23.2 Å². The van der Waals surface area contributed by atoms with Crippen LogP contribution >= 0.6 is 0 Å². The average molecular weight is 496 g/mol. The summed E-state index contributed by atoms with van der Waals surface area (Å²) in [4.78, 5) is 16.7. The van der Waals surface area contributed by atoms with Crippen LogP contribution in [0.15, 0.2) is 66.1 Å². The number of amides is 1. The zero-order chi connectivity index (χ0) is 24.7. The summed E-state index contributed by atoms with van der Waals surface area (Å²) in [5, 5.41) is 2.58. The number of alkyl halides is 3. The van der Waals surface area contributed by atoms with Gasteiger partial charge in [0.25, 0.3) is 15.9 Å². The number of rotatable bonds is 5. The van der Waals surface area contributed by atoms with E-state index in [0.29, 0.717) is 5.56 Å². The molecule has 0 aliphatic carbocycles. The Morgan fingerprint density at radius 3 is 2.26 bits per heavy atom. The van der Waals surface area contributed by atoms with E-state index >= 15 is 0 Å². The summed E-state index contributed by atoms with van der Waals surface area (Å²) in [5.74, 6) is -1.63. The van der Waals surface area contributed by atoms with Crippen LogP contribution in [0.1, 0.15) is 27.4 Å². The summed E-state index contributed by atoms with van der Waals surface area (Å²) in [6.07, 6.45) is -1.82. The van der Waals surface area contributed by atoms with Gasteiger partial charge in [0, 0.05) is 37.8 Å². The first-order chi connectivity index (χ1) is 15.9. The average Bonchev–Trinajstić information content (AvgIpc) is 3.41. The fourth-order valence-electron chi connectivity index (χ4n) is 3.87. The zero-order valence-corrected chi connectivity index (χ0v) is 18.6. The minimum Gasteiger partial charge on any atom is -0.347 e. The van der Waals surface area contributed by atoms with Gasteiger partial charge in [0.05, 0.1) is 17.9 Å². The Labute approximate surface area is 193 Å². The number of sulfonamides is 1. The van der Waals surface area contributed by atoms with E-state index in [0.717, 1.165) is 24.3 Å². The quantitative estimate of drug-likeness (QED) is 0.550. The molecule has 0 bridgehead atoms. The predicted octanol–water partition coefficient (Wildman–Crippen LogP) is 3.16. The smallest absolute Gasteiger partial charge is 0.347 e. The largest absolute Gasteiger partial charge is 0.416 e. The Bertz CT molecular complexity index is 1290. The van der Waals surface area contributed by atoms with Crippen molar-refractivity contribution in [2.75, 3.05) is 13.1 Å². The van der Waals surface area contributed by atoms with Crippen LogP contribution in [0.5, 0.6) is 0 Å². The van der Waals surface area contributed by atoms with Crippen molar-refractivity contribution in [3.63, 3.8) is 0 Å². The van der Waals surface area contributed by atoms with Crippen molar-refractivity contribution < 1.29 is 30.8 Å². The molecule has 1 aliphatic heterocycles. The molecule has 34 heavy (non-hydrogen) atoms. The van der Waals surface area contributed by atoms with Crippen LogP contribution in [-0.4, -0.2) is 47.3 Å². The molecule has 7 nitrogen and oxygen atoms in total. The van der Waals surface area contributed by atoms with Gasteiger partial charge in [-0.15, -0.1) is 0 Å². The summed E-state index contributed by atoms with van der Waals surface area (Å²) >= 11 is 0. The number of aromatic nitrogens is 2. The lowest BCUT2D eigenvalue weighted by Crippen LogP contribution is -2.40. The van der Waals surface area contributed by atoms with Crippen LogP contribution < -0.4 is 5.32 Å². The molecule has 12 heteroatoms. The number of halogens is 4. The van der Waals surface area contributed by atoms with Crippen molar-refractivity contribution >= 4 is 15.9 Å². The first-order valence-electron chi connectivity index (χ1n) is 10.2. The molecule has 0 saturated carbocycles. The van der Waals surface area contributed by atoms with Gasteiger partial charge in [-0.05, 0) is 42.0 Å². The SMILES string of the molecule is Cn1cnc(S(=O)(=O)N2C[C@@H](NC(=O)c3ccc(C(F)(F)F)cc3)[C@H](c3ccc(F)cc3)C2)c1. The molecule has 3 aromatic rings. The van der Waals surface area contributed by atoms with Crippen molar-refractivity contribution in [1.82, 2.24) is 19.2 Å². The van der Waals surface area contributed by atoms with E-state index in [1.54, 1.807) is 7.05 Å². The second-order valence-electron chi connectivity index (χ2n) is 8.01. The van der Waals surface area contributed by atoms with Crippen LogP contribution in [0.2, 0.25) is 0 Å². The molecule has 1 amide bonds. The highest BCUT2D eigenvalue weighted by Gasteiger charge is 2.41. The number of imidazole rings is 1. The molecule has 4 rings (SSSR count). The zero-order valence-electron chi connectivity index (χ0n) is 17.8. The van der Waals surface area contributed by atoms with Gasteiger partial charge in [-0.3, -0.25) is 4.79 Å². The van der Waals surface area contributed by atoms with Crippen molar-refractivity contribution in [3.8, 4) is 0 Å². The van der Waals surface area contributed by atoms with E-state index in [4.69, 9.17) is 0 Å². The van der Waals surface area contributed by atoms with Crippen molar-refractivity contribution in [2.24, 2.45) is 7.05 Å². The Kier molecular flexibility index (Phi) is 6.21. The van der Waals surface area contributed by atoms with Crippen molar-refractivity contribution in [1.29, 1.82) is 0 Å². The third kappa shape index (κ3) is 4.82. The number of carbonyl (C=O) groups is 1. The van der Waals surface area contributed by atoms with E-state index in [1.807, 2.05) is 0 Å². The molecule has 1 fully saturated rings. The number of hydrogen-bond donors (Lipinski definition) is 1. The molecule has 1 aliphatic rings. The molecule has 180 valence electrons. The molecule has 2 aromatic carbocycles. The van der Waals surface area contributed by atoms with Gasteiger partial charge in [0.2, 0.25) is 0 Å². The second kappa shape index (κ2) is 8.84. The van der Waals surface area contributed by atoms with Crippen LogP contribution in [0, 0.1) is 5.82 Å². The van der Waals surface area contributed by atoms with Crippen LogP contribution in [0.3, 0.4) is 0 Å². The molecule has 1 saturated heterocycles. The Balaban J connectivity index is 1.60. The van der Waals surface area contributed by atoms with E-state index in [1.165, 1.54) is 45.7 Å².